The minimum atomic E-state index is 0.685. The van der Waals surface area contributed by atoms with Crippen LogP contribution in [0.3, 0.4) is 0 Å². The van der Waals surface area contributed by atoms with Gasteiger partial charge in [-0.3, -0.25) is 0 Å². The van der Waals surface area contributed by atoms with Crippen LogP contribution in [0.25, 0.3) is 40.5 Å². The van der Waals surface area contributed by atoms with Crippen LogP contribution in [0.2, 0.25) is 0 Å². The Kier molecular flexibility index (Phi) is 17.0. The average Bonchev–Trinajstić information content (AvgIpc) is 4.07. The van der Waals surface area contributed by atoms with Crippen LogP contribution >= 0.6 is 0 Å². The van der Waals surface area contributed by atoms with E-state index in [9.17, 15) is 0 Å². The van der Waals surface area contributed by atoms with Gasteiger partial charge in [0.05, 0.1) is 0 Å². The number of hydrogen-bond acceptors (Lipinski definition) is 0. The van der Waals surface area contributed by atoms with Crippen molar-refractivity contribution in [1.82, 2.24) is 0 Å². The first-order valence-corrected chi connectivity index (χ1v) is 21.4. The topological polar surface area (TPSA) is 0 Å². The van der Waals surface area contributed by atoms with E-state index in [4.69, 9.17) is 0 Å². The Hall–Kier alpha value is -4.68. The Balaban J connectivity index is 0.000000772. The molecule has 0 heterocycles. The van der Waals surface area contributed by atoms with Gasteiger partial charge in [-0.15, -0.1) is 0 Å². The Bertz CT molecular complexity index is 2210. The van der Waals surface area contributed by atoms with Crippen molar-refractivity contribution in [3.05, 3.63) is 169 Å². The van der Waals surface area contributed by atoms with Crippen molar-refractivity contribution in [2.45, 2.75) is 134 Å². The van der Waals surface area contributed by atoms with Crippen LogP contribution < -0.4 is 10.4 Å². The van der Waals surface area contributed by atoms with Gasteiger partial charge in [0, 0.05) is 0 Å². The molecule has 1 fully saturated rings. The number of hydrogen-bond donors (Lipinski definition) is 0. The molecule has 4 aromatic carbocycles. The monoisotopic (exact) mass is 743 g/mol. The molecule has 294 valence electrons. The van der Waals surface area contributed by atoms with E-state index >= 15 is 0 Å². The van der Waals surface area contributed by atoms with Gasteiger partial charge in [-0.05, 0) is 189 Å². The molecule has 0 radical (unpaired) electrons. The highest BCUT2D eigenvalue weighted by atomic mass is 14.3. The molecule has 0 heteroatoms. The summed E-state index contributed by atoms with van der Waals surface area (Å²) in [6.07, 6.45) is 21.7. The summed E-state index contributed by atoms with van der Waals surface area (Å²) in [5, 5.41) is 2.62. The molecule has 0 amide bonds. The van der Waals surface area contributed by atoms with Crippen LogP contribution in [-0.4, -0.2) is 0 Å². The lowest BCUT2D eigenvalue weighted by Gasteiger charge is -2.20. The predicted octanol–water partition coefficient (Wildman–Crippen LogP) is 15.6. The third-order valence-corrected chi connectivity index (χ3v) is 11.8. The molecule has 0 spiro atoms. The second-order valence-electron chi connectivity index (χ2n) is 16.0. The highest BCUT2D eigenvalue weighted by molar-refractivity contribution is 5.94. The molecule has 0 aliphatic heterocycles. The zero-order chi connectivity index (χ0) is 40.8. The fourth-order valence-electron chi connectivity index (χ4n) is 7.37. The molecular formula is C56H70. The molecule has 1 saturated carbocycles. The highest BCUT2D eigenvalue weighted by Crippen LogP contribution is 2.45. The largest absolute Gasteiger partial charge is 0.0766 e. The minimum Gasteiger partial charge on any atom is -0.0766 e. The first kappa shape index (κ1) is 44.0. The van der Waals surface area contributed by atoms with Crippen molar-refractivity contribution in [3.63, 3.8) is 0 Å². The third kappa shape index (κ3) is 11.7. The summed E-state index contributed by atoms with van der Waals surface area (Å²) < 4.78 is 0. The quantitative estimate of drug-likeness (QED) is 0.0945. The van der Waals surface area contributed by atoms with Crippen LogP contribution in [0.5, 0.6) is 0 Å². The maximum absolute atomic E-state index is 2.47. The molecule has 4 aromatic rings. The summed E-state index contributed by atoms with van der Waals surface area (Å²) in [5.41, 5.74) is 20.9. The number of allylic oxidation sites excluding steroid dienone is 9. The second kappa shape index (κ2) is 21.6. The highest BCUT2D eigenvalue weighted by Gasteiger charge is 2.27. The fourth-order valence-corrected chi connectivity index (χ4v) is 7.37. The van der Waals surface area contributed by atoms with Gasteiger partial charge in [0.1, 0.15) is 0 Å². The average molecular weight is 743 g/mol. The summed E-state index contributed by atoms with van der Waals surface area (Å²) >= 11 is 0. The zero-order valence-corrected chi connectivity index (χ0v) is 37.0. The van der Waals surface area contributed by atoms with Crippen molar-refractivity contribution < 1.29 is 0 Å². The molecule has 56 heavy (non-hydrogen) atoms. The van der Waals surface area contributed by atoms with Gasteiger partial charge in [-0.1, -0.05) is 155 Å². The summed E-state index contributed by atoms with van der Waals surface area (Å²) in [5.74, 6) is 0.685. The van der Waals surface area contributed by atoms with Crippen molar-refractivity contribution in [2.75, 3.05) is 0 Å². The minimum absolute atomic E-state index is 0.685. The molecule has 0 bridgehead atoms. The molecule has 0 saturated heterocycles. The van der Waals surface area contributed by atoms with Crippen LogP contribution in [-0.2, 0) is 0 Å². The smallest absolute Gasteiger partial charge is 0.0149 e. The van der Waals surface area contributed by atoms with E-state index < -0.39 is 0 Å². The van der Waals surface area contributed by atoms with Gasteiger partial charge in [0.2, 0.25) is 0 Å². The van der Waals surface area contributed by atoms with Crippen molar-refractivity contribution in [1.29, 1.82) is 0 Å². The molecular weight excluding hydrogens is 673 g/mol. The lowest BCUT2D eigenvalue weighted by atomic mass is 9.85. The van der Waals surface area contributed by atoms with Crippen LogP contribution in [0.15, 0.2) is 108 Å². The third-order valence-electron chi connectivity index (χ3n) is 11.8. The molecule has 5 rings (SSSR count). The maximum Gasteiger partial charge on any atom is -0.0149 e. The lowest BCUT2D eigenvalue weighted by molar-refractivity contribution is 0.951. The molecule has 0 nitrogen and oxygen atoms in total. The maximum atomic E-state index is 2.47. The van der Waals surface area contributed by atoms with E-state index in [0.29, 0.717) is 5.92 Å². The zero-order valence-electron chi connectivity index (χ0n) is 37.0. The van der Waals surface area contributed by atoms with Crippen molar-refractivity contribution >= 4 is 40.5 Å². The standard InChI is InChI=1S/C48H60.C8H10/c1-11-18-43(34(6)14-4)47-23-16-15-22-45(47)36(8)37(9)48-32-42(30-31-46(48)41-28-29-41)35(7)24-25-40-27-26-39(21-17-20-33(5)13-3)38(10)44(40)19-12-2;1-7-5-3-4-6-8(7)2/h15-17,19-27,30-32,41H,11-14,18,28-29H2,1-10H3;3-6H,1-2H3/b21-17-,33-20+,35-24+,37-36+,40-25-,43-34?,44-19-;. The first-order chi connectivity index (χ1) is 26.9. The summed E-state index contributed by atoms with van der Waals surface area (Å²) in [6, 6.07) is 29.2. The van der Waals surface area contributed by atoms with Crippen molar-refractivity contribution in [3.8, 4) is 0 Å². The van der Waals surface area contributed by atoms with Gasteiger partial charge in [-0.2, -0.15) is 0 Å². The molecule has 0 N–H and O–H groups in total. The summed E-state index contributed by atoms with van der Waals surface area (Å²) in [7, 11) is 0. The fraction of sp³-hybridized carbons (Fsp3) is 0.357. The molecule has 0 atom stereocenters. The number of rotatable bonds is 13. The first-order valence-electron chi connectivity index (χ1n) is 21.4. The normalized spacial score (nSPS) is 15.1. The number of benzene rings is 4. The van der Waals surface area contributed by atoms with Gasteiger partial charge < -0.3 is 0 Å². The Morgan fingerprint density at radius 3 is 1.91 bits per heavy atom. The van der Waals surface area contributed by atoms with Crippen molar-refractivity contribution in [2.24, 2.45) is 0 Å². The van der Waals surface area contributed by atoms with E-state index in [1.54, 1.807) is 0 Å². The molecule has 0 unspecified atom stereocenters. The Morgan fingerprint density at radius 2 is 1.32 bits per heavy atom. The van der Waals surface area contributed by atoms with Crippen LogP contribution in [0.1, 0.15) is 163 Å². The lowest BCUT2D eigenvalue weighted by Crippen LogP contribution is -2.27. The van der Waals surface area contributed by atoms with Crippen LogP contribution in [0, 0.1) is 20.8 Å². The van der Waals surface area contributed by atoms with E-state index in [1.807, 2.05) is 0 Å². The van der Waals surface area contributed by atoms with Gasteiger partial charge in [0.25, 0.3) is 0 Å². The second-order valence-corrected chi connectivity index (χ2v) is 16.0. The van der Waals surface area contributed by atoms with Gasteiger partial charge in [-0.25, -0.2) is 0 Å². The Morgan fingerprint density at radius 1 is 0.679 bits per heavy atom. The predicted molar refractivity (Wildman–Crippen MR) is 253 cm³/mol. The number of aryl methyl sites for hydroxylation is 2. The van der Waals surface area contributed by atoms with Gasteiger partial charge >= 0.3 is 0 Å². The van der Waals surface area contributed by atoms with E-state index in [-0.39, 0.29) is 0 Å². The van der Waals surface area contributed by atoms with E-state index in [1.165, 1.54) is 107 Å². The molecule has 0 aromatic heterocycles. The summed E-state index contributed by atoms with van der Waals surface area (Å²) in [4.78, 5) is 0. The SMILES string of the molecule is CC/C=c1/c(C)c(/C=C\C=C(/C)CC)cc/c1=C/C=C(\C)c1ccc(C2CC2)c(/C(C)=C(\C)c2ccccc2C(CCC)=C(C)CC)c1.Cc1ccccc1C. The Labute approximate surface area is 341 Å². The summed E-state index contributed by atoms with van der Waals surface area (Å²) in [6.45, 7) is 27.0. The van der Waals surface area contributed by atoms with Gasteiger partial charge in [0.15, 0.2) is 0 Å². The van der Waals surface area contributed by atoms with E-state index in [0.717, 1.165) is 32.1 Å². The van der Waals surface area contributed by atoms with E-state index in [2.05, 4.69) is 198 Å². The van der Waals surface area contributed by atoms with Crippen LogP contribution in [0.4, 0.5) is 0 Å². The molecule has 1 aliphatic carbocycles. The molecule has 1 aliphatic rings.